The largest absolute Gasteiger partial charge is 0.465 e. The molecule has 11 heteroatoms. The quantitative estimate of drug-likeness (QED) is 0.523. The summed E-state index contributed by atoms with van der Waals surface area (Å²) in [5.41, 5.74) is 0.463. The second-order valence-corrected chi connectivity index (χ2v) is 9.04. The third-order valence-electron chi connectivity index (χ3n) is 4.83. The first-order chi connectivity index (χ1) is 14.6. The number of carbonyl (C=O) groups is 1. The van der Waals surface area contributed by atoms with Crippen LogP contribution in [0.2, 0.25) is 0 Å². The fourth-order valence-electron chi connectivity index (χ4n) is 3.22. The van der Waals surface area contributed by atoms with Gasteiger partial charge in [-0.1, -0.05) is 0 Å². The van der Waals surface area contributed by atoms with E-state index in [1.54, 1.807) is 12.1 Å². The Bertz CT molecular complexity index is 1380. The number of imidazole rings is 1. The number of aromatic nitrogens is 3. The van der Waals surface area contributed by atoms with E-state index in [9.17, 15) is 23.3 Å². The summed E-state index contributed by atoms with van der Waals surface area (Å²) in [6.45, 7) is 2.39. The highest BCUT2D eigenvalue weighted by atomic mass is 32.2. The van der Waals surface area contributed by atoms with Crippen molar-refractivity contribution in [2.45, 2.75) is 24.9 Å². The van der Waals surface area contributed by atoms with Crippen molar-refractivity contribution in [1.82, 2.24) is 18.4 Å². The van der Waals surface area contributed by atoms with Crippen LogP contribution in [0.15, 0.2) is 40.2 Å². The molecule has 0 atom stereocenters. The standard InChI is InChI=1S/C20H21N5O5S/c1-5-25-17-7-6-15(31(28,29)23(2)3)9-16(17)22-18(25)12-24-11-14(20(27)30-4)8-13(10-21)19(24)26/h6-9,11H,5,12H2,1-4H3. The van der Waals surface area contributed by atoms with E-state index in [1.165, 1.54) is 50.2 Å². The maximum absolute atomic E-state index is 12.6. The number of ether oxygens (including phenoxy) is 1. The minimum absolute atomic E-state index is 0.0172. The van der Waals surface area contributed by atoms with Crippen molar-refractivity contribution < 1.29 is 17.9 Å². The van der Waals surface area contributed by atoms with Crippen molar-refractivity contribution in [3.63, 3.8) is 0 Å². The number of nitrogens with zero attached hydrogens (tertiary/aromatic N) is 5. The lowest BCUT2D eigenvalue weighted by molar-refractivity contribution is 0.0599. The lowest BCUT2D eigenvalue weighted by Crippen LogP contribution is -2.26. The molecule has 0 saturated heterocycles. The second-order valence-electron chi connectivity index (χ2n) is 6.89. The summed E-state index contributed by atoms with van der Waals surface area (Å²) in [5.74, 6) is -0.197. The molecule has 0 aliphatic heterocycles. The molecule has 0 radical (unpaired) electrons. The molecule has 0 unspecified atom stereocenters. The van der Waals surface area contributed by atoms with Crippen molar-refractivity contribution in [1.29, 1.82) is 5.26 Å². The van der Waals surface area contributed by atoms with Gasteiger partial charge in [0.25, 0.3) is 5.56 Å². The first-order valence-corrected chi connectivity index (χ1v) is 10.7. The average Bonchev–Trinajstić information content (AvgIpc) is 3.10. The number of hydrogen-bond acceptors (Lipinski definition) is 7. The van der Waals surface area contributed by atoms with E-state index in [4.69, 9.17) is 4.74 Å². The monoisotopic (exact) mass is 443 g/mol. The predicted molar refractivity (Wildman–Crippen MR) is 112 cm³/mol. The fourth-order valence-corrected chi connectivity index (χ4v) is 4.14. The van der Waals surface area contributed by atoms with Gasteiger partial charge in [-0.15, -0.1) is 0 Å². The molecule has 2 heterocycles. The van der Waals surface area contributed by atoms with Crippen LogP contribution in [0.5, 0.6) is 0 Å². The molecule has 0 fully saturated rings. The number of aryl methyl sites for hydroxylation is 1. The second kappa shape index (κ2) is 8.33. The average molecular weight is 443 g/mol. The van der Waals surface area contributed by atoms with Gasteiger partial charge in [-0.2, -0.15) is 5.26 Å². The van der Waals surface area contributed by atoms with Crippen LogP contribution in [0.1, 0.15) is 28.7 Å². The number of sulfonamides is 1. The number of pyridine rings is 1. The van der Waals surface area contributed by atoms with Crippen molar-refractivity contribution in [3.8, 4) is 6.07 Å². The van der Waals surface area contributed by atoms with Gasteiger partial charge in [0, 0.05) is 26.8 Å². The van der Waals surface area contributed by atoms with E-state index >= 15 is 0 Å². The summed E-state index contributed by atoms with van der Waals surface area (Å²) >= 11 is 0. The molecule has 1 aromatic carbocycles. The van der Waals surface area contributed by atoms with Crippen molar-refractivity contribution in [2.24, 2.45) is 0 Å². The van der Waals surface area contributed by atoms with Gasteiger partial charge < -0.3 is 13.9 Å². The minimum Gasteiger partial charge on any atom is -0.465 e. The summed E-state index contributed by atoms with van der Waals surface area (Å²) < 4.78 is 33.8. The minimum atomic E-state index is -3.63. The summed E-state index contributed by atoms with van der Waals surface area (Å²) in [6.07, 6.45) is 1.32. The van der Waals surface area contributed by atoms with Crippen LogP contribution in [0.3, 0.4) is 0 Å². The Morgan fingerprint density at radius 1 is 1.29 bits per heavy atom. The van der Waals surface area contributed by atoms with Gasteiger partial charge in [0.2, 0.25) is 10.0 Å². The van der Waals surface area contributed by atoms with Crippen LogP contribution in [0, 0.1) is 11.3 Å². The number of rotatable bonds is 6. The van der Waals surface area contributed by atoms with Crippen LogP contribution >= 0.6 is 0 Å². The lowest BCUT2D eigenvalue weighted by Gasteiger charge is -2.11. The van der Waals surface area contributed by atoms with Crippen LogP contribution in [0.25, 0.3) is 11.0 Å². The molecule has 0 spiro atoms. The molecule has 2 aromatic heterocycles. The number of hydrogen-bond donors (Lipinski definition) is 0. The Morgan fingerprint density at radius 3 is 2.58 bits per heavy atom. The summed E-state index contributed by atoms with van der Waals surface area (Å²) in [5, 5.41) is 9.26. The molecule has 10 nitrogen and oxygen atoms in total. The van der Waals surface area contributed by atoms with Gasteiger partial charge in [-0.3, -0.25) is 4.79 Å². The number of carbonyl (C=O) groups excluding carboxylic acids is 1. The van der Waals surface area contributed by atoms with Gasteiger partial charge in [-0.05, 0) is 31.2 Å². The number of methoxy groups -OCH3 is 1. The highest BCUT2D eigenvalue weighted by Crippen LogP contribution is 2.22. The summed E-state index contributed by atoms with van der Waals surface area (Å²) in [6, 6.07) is 7.63. The van der Waals surface area contributed by atoms with E-state index in [1.807, 2.05) is 11.5 Å². The molecule has 31 heavy (non-hydrogen) atoms. The first kappa shape index (κ1) is 22.2. The van der Waals surface area contributed by atoms with Crippen LogP contribution in [0.4, 0.5) is 0 Å². The van der Waals surface area contributed by atoms with Crippen LogP contribution in [-0.2, 0) is 27.8 Å². The van der Waals surface area contributed by atoms with Crippen molar-refractivity contribution >= 4 is 27.0 Å². The van der Waals surface area contributed by atoms with Gasteiger partial charge in [0.15, 0.2) is 0 Å². The van der Waals surface area contributed by atoms with E-state index < -0.39 is 21.6 Å². The first-order valence-electron chi connectivity index (χ1n) is 9.28. The zero-order valence-corrected chi connectivity index (χ0v) is 18.3. The third-order valence-corrected chi connectivity index (χ3v) is 6.64. The molecule has 3 aromatic rings. The number of benzene rings is 1. The molecule has 0 bridgehead atoms. The topological polar surface area (TPSA) is 127 Å². The van der Waals surface area contributed by atoms with E-state index in [0.717, 1.165) is 4.31 Å². The smallest absolute Gasteiger partial charge is 0.339 e. The van der Waals surface area contributed by atoms with Gasteiger partial charge in [0.05, 0.1) is 35.1 Å². The zero-order valence-electron chi connectivity index (χ0n) is 17.5. The van der Waals surface area contributed by atoms with Crippen LogP contribution in [-0.4, -0.2) is 54.0 Å². The summed E-state index contributed by atoms with van der Waals surface area (Å²) in [4.78, 5) is 29.2. The Balaban J connectivity index is 2.15. The third kappa shape index (κ3) is 3.95. The molecule has 162 valence electrons. The Labute approximate surface area is 179 Å². The summed E-state index contributed by atoms with van der Waals surface area (Å²) in [7, 11) is 0.473. The molecule has 0 amide bonds. The molecule has 0 saturated carbocycles. The highest BCUT2D eigenvalue weighted by molar-refractivity contribution is 7.89. The number of esters is 1. The van der Waals surface area contributed by atoms with Crippen molar-refractivity contribution in [2.75, 3.05) is 21.2 Å². The molecular weight excluding hydrogens is 422 g/mol. The van der Waals surface area contributed by atoms with Gasteiger partial charge in [-0.25, -0.2) is 22.5 Å². The molecule has 0 aliphatic rings. The van der Waals surface area contributed by atoms with Gasteiger partial charge in [0.1, 0.15) is 17.5 Å². The molecule has 0 aliphatic carbocycles. The Hall–Kier alpha value is -3.49. The predicted octanol–water partition coefficient (Wildman–Crippen LogP) is 1.17. The van der Waals surface area contributed by atoms with E-state index in [-0.39, 0.29) is 22.6 Å². The molecular formula is C20H21N5O5S. The number of nitriles is 1. The fraction of sp³-hybridized carbons (Fsp3) is 0.300. The maximum atomic E-state index is 12.6. The SMILES string of the molecule is CCn1c(Cn2cc(C(=O)OC)cc(C#N)c2=O)nc2cc(S(=O)(=O)N(C)C)ccc21. The maximum Gasteiger partial charge on any atom is 0.339 e. The van der Waals surface area contributed by atoms with Gasteiger partial charge >= 0.3 is 5.97 Å². The molecule has 3 rings (SSSR count). The van der Waals surface area contributed by atoms with Crippen LogP contribution < -0.4 is 5.56 Å². The van der Waals surface area contributed by atoms with Crippen molar-refractivity contribution in [3.05, 3.63) is 57.8 Å². The Kier molecular flexibility index (Phi) is 5.97. The zero-order chi connectivity index (χ0) is 22.9. The Morgan fingerprint density at radius 2 is 2.00 bits per heavy atom. The highest BCUT2D eigenvalue weighted by Gasteiger charge is 2.20. The number of fused-ring (bicyclic) bond motifs is 1. The molecule has 0 N–H and O–H groups in total. The lowest BCUT2D eigenvalue weighted by atomic mass is 10.2. The van der Waals surface area contributed by atoms with E-state index in [0.29, 0.717) is 23.4 Å². The van der Waals surface area contributed by atoms with E-state index in [2.05, 4.69) is 4.98 Å². The normalized spacial score (nSPS) is 11.6.